The minimum Gasteiger partial charge on any atom is -0.263 e. The van der Waals surface area contributed by atoms with Crippen LogP contribution in [0.3, 0.4) is 0 Å². The molecule has 0 bridgehead atoms. The molecular weight excluding hydrogens is 134 g/mol. The normalized spacial score (nSPS) is 10.0. The van der Waals surface area contributed by atoms with Gasteiger partial charge in [0.1, 0.15) is 6.33 Å². The molecule has 0 radical (unpaired) electrons. The first-order valence-electron chi connectivity index (χ1n) is 2.56. The molecule has 0 unspecified atom stereocenters. The molecule has 0 aromatic carbocycles. The van der Waals surface area contributed by atoms with E-state index in [4.69, 9.17) is 0 Å². The third-order valence-electron chi connectivity index (χ3n) is 0.988. The highest BCUT2D eigenvalue weighted by Gasteiger charge is 1.97. The predicted octanol–water partition coefficient (Wildman–Crippen LogP) is -1.22. The fourth-order valence-corrected chi connectivity index (χ4v) is 0.574. The standard InChI is InChI=1S/C3H3N7/c1-3(6-7-4-1)10-2-5-8-9-10/h1-2H,(H,4,6,7). The summed E-state index contributed by atoms with van der Waals surface area (Å²) in [6.45, 7) is 0. The van der Waals surface area contributed by atoms with Crippen LogP contribution < -0.4 is 0 Å². The van der Waals surface area contributed by atoms with Crippen molar-refractivity contribution in [3.63, 3.8) is 0 Å². The lowest BCUT2D eigenvalue weighted by atomic mass is 10.8. The topological polar surface area (TPSA) is 85.2 Å². The maximum atomic E-state index is 3.67. The summed E-state index contributed by atoms with van der Waals surface area (Å²) in [7, 11) is 0. The SMILES string of the molecule is c1[nH]nnc1-n1cnnn1. The van der Waals surface area contributed by atoms with Crippen LogP contribution >= 0.6 is 0 Å². The summed E-state index contributed by atoms with van der Waals surface area (Å²) in [4.78, 5) is 0. The molecule has 50 valence electrons. The highest BCUT2D eigenvalue weighted by atomic mass is 15.6. The first-order valence-corrected chi connectivity index (χ1v) is 2.56. The predicted molar refractivity (Wildman–Crippen MR) is 29.1 cm³/mol. The summed E-state index contributed by atoms with van der Waals surface area (Å²) in [5, 5.41) is 20.2. The zero-order valence-corrected chi connectivity index (χ0v) is 4.84. The Kier molecular flexibility index (Phi) is 0.938. The zero-order chi connectivity index (χ0) is 6.81. The van der Waals surface area contributed by atoms with Gasteiger partial charge in [0, 0.05) is 0 Å². The van der Waals surface area contributed by atoms with E-state index >= 15 is 0 Å². The van der Waals surface area contributed by atoms with Gasteiger partial charge in [-0.25, -0.2) is 0 Å². The van der Waals surface area contributed by atoms with Crippen LogP contribution in [0.2, 0.25) is 0 Å². The van der Waals surface area contributed by atoms with Gasteiger partial charge < -0.3 is 0 Å². The quantitative estimate of drug-likeness (QED) is 0.532. The van der Waals surface area contributed by atoms with Crippen molar-refractivity contribution < 1.29 is 0 Å². The second kappa shape index (κ2) is 1.87. The van der Waals surface area contributed by atoms with E-state index in [0.29, 0.717) is 5.82 Å². The zero-order valence-electron chi connectivity index (χ0n) is 4.84. The molecule has 7 heteroatoms. The van der Waals surface area contributed by atoms with Crippen LogP contribution in [0.5, 0.6) is 0 Å². The number of nitrogens with zero attached hydrogens (tertiary/aromatic N) is 6. The summed E-state index contributed by atoms with van der Waals surface area (Å²) in [5.41, 5.74) is 0. The van der Waals surface area contributed by atoms with Gasteiger partial charge >= 0.3 is 0 Å². The number of aromatic nitrogens is 7. The molecule has 2 aromatic rings. The average Bonchev–Trinajstić information content (AvgIpc) is 2.59. The Morgan fingerprint density at radius 2 is 2.50 bits per heavy atom. The van der Waals surface area contributed by atoms with Crippen molar-refractivity contribution in [1.29, 1.82) is 0 Å². The van der Waals surface area contributed by atoms with Crippen molar-refractivity contribution in [3.8, 4) is 5.82 Å². The fourth-order valence-electron chi connectivity index (χ4n) is 0.574. The average molecular weight is 137 g/mol. The molecule has 0 atom stereocenters. The molecule has 10 heavy (non-hydrogen) atoms. The Morgan fingerprint density at radius 3 is 3.10 bits per heavy atom. The van der Waals surface area contributed by atoms with Crippen LogP contribution in [-0.2, 0) is 0 Å². The van der Waals surface area contributed by atoms with Crippen molar-refractivity contribution >= 4 is 0 Å². The highest BCUT2D eigenvalue weighted by molar-refractivity contribution is 5.09. The van der Waals surface area contributed by atoms with Gasteiger partial charge in [-0.05, 0) is 10.4 Å². The van der Waals surface area contributed by atoms with Crippen LogP contribution in [0.15, 0.2) is 12.5 Å². The Morgan fingerprint density at radius 1 is 1.50 bits per heavy atom. The molecule has 1 N–H and O–H groups in total. The number of rotatable bonds is 1. The lowest BCUT2D eigenvalue weighted by Crippen LogP contribution is -1.94. The second-order valence-corrected chi connectivity index (χ2v) is 1.59. The van der Waals surface area contributed by atoms with E-state index in [9.17, 15) is 0 Å². The Labute approximate surface area is 55.1 Å². The largest absolute Gasteiger partial charge is 0.263 e. The lowest BCUT2D eigenvalue weighted by Gasteiger charge is -1.84. The smallest absolute Gasteiger partial charge is 0.198 e. The van der Waals surface area contributed by atoms with Crippen molar-refractivity contribution in [2.75, 3.05) is 0 Å². The molecule has 2 rings (SSSR count). The van der Waals surface area contributed by atoms with E-state index < -0.39 is 0 Å². The maximum Gasteiger partial charge on any atom is 0.198 e. The highest BCUT2D eigenvalue weighted by Crippen LogP contribution is 1.92. The first kappa shape index (κ1) is 5.03. The van der Waals surface area contributed by atoms with Gasteiger partial charge in [-0.3, -0.25) is 5.10 Å². The van der Waals surface area contributed by atoms with Gasteiger partial charge in [-0.2, -0.15) is 4.68 Å². The molecule has 2 aromatic heterocycles. The molecule has 0 aliphatic heterocycles. The van der Waals surface area contributed by atoms with Crippen LogP contribution in [0.25, 0.3) is 5.82 Å². The molecular formula is C3H3N7. The monoisotopic (exact) mass is 137 g/mol. The van der Waals surface area contributed by atoms with Gasteiger partial charge in [-0.15, -0.1) is 10.2 Å². The van der Waals surface area contributed by atoms with Gasteiger partial charge in [0.15, 0.2) is 5.82 Å². The Hall–Kier alpha value is -1.79. The summed E-state index contributed by atoms with van der Waals surface area (Å²) >= 11 is 0. The third kappa shape index (κ3) is 0.642. The van der Waals surface area contributed by atoms with Gasteiger partial charge in [0.25, 0.3) is 0 Å². The number of aromatic amines is 1. The van der Waals surface area contributed by atoms with Crippen molar-refractivity contribution in [1.82, 2.24) is 35.6 Å². The molecule has 0 aliphatic carbocycles. The van der Waals surface area contributed by atoms with E-state index in [2.05, 4.69) is 30.9 Å². The summed E-state index contributed by atoms with van der Waals surface area (Å²) in [6, 6.07) is 0. The van der Waals surface area contributed by atoms with Crippen LogP contribution in [0.4, 0.5) is 0 Å². The molecule has 0 spiro atoms. The molecule has 2 heterocycles. The minimum atomic E-state index is 0.574. The Balaban J connectivity index is 2.48. The Bertz CT molecular complexity index is 248. The van der Waals surface area contributed by atoms with Crippen molar-refractivity contribution in [2.24, 2.45) is 0 Å². The van der Waals surface area contributed by atoms with Gasteiger partial charge in [-0.1, -0.05) is 5.21 Å². The number of nitrogens with one attached hydrogen (secondary N) is 1. The van der Waals surface area contributed by atoms with E-state index in [1.807, 2.05) is 0 Å². The molecule has 0 saturated carbocycles. The van der Waals surface area contributed by atoms with Gasteiger partial charge in [0.2, 0.25) is 0 Å². The van der Waals surface area contributed by atoms with Crippen LogP contribution in [-0.4, -0.2) is 35.6 Å². The lowest BCUT2D eigenvalue weighted by molar-refractivity contribution is 0.765. The molecule has 0 amide bonds. The molecule has 7 nitrogen and oxygen atoms in total. The maximum absolute atomic E-state index is 3.67. The number of hydrogen-bond donors (Lipinski definition) is 1. The second-order valence-electron chi connectivity index (χ2n) is 1.59. The fraction of sp³-hybridized carbons (Fsp3) is 0. The molecule has 0 fully saturated rings. The third-order valence-corrected chi connectivity index (χ3v) is 0.988. The molecule has 0 aliphatic rings. The van der Waals surface area contributed by atoms with Crippen molar-refractivity contribution in [2.45, 2.75) is 0 Å². The first-order chi connectivity index (χ1) is 4.97. The number of H-pyrrole nitrogens is 1. The van der Waals surface area contributed by atoms with E-state index in [1.165, 1.54) is 11.0 Å². The van der Waals surface area contributed by atoms with E-state index in [-0.39, 0.29) is 0 Å². The van der Waals surface area contributed by atoms with Crippen molar-refractivity contribution in [3.05, 3.63) is 12.5 Å². The number of hydrogen-bond acceptors (Lipinski definition) is 5. The summed E-state index contributed by atoms with van der Waals surface area (Å²) in [6.07, 6.45) is 3.04. The van der Waals surface area contributed by atoms with Crippen LogP contribution in [0, 0.1) is 0 Å². The summed E-state index contributed by atoms with van der Waals surface area (Å²) in [5.74, 6) is 0.574. The van der Waals surface area contributed by atoms with E-state index in [0.717, 1.165) is 0 Å². The summed E-state index contributed by atoms with van der Waals surface area (Å²) < 4.78 is 1.41. The van der Waals surface area contributed by atoms with Crippen LogP contribution in [0.1, 0.15) is 0 Å². The van der Waals surface area contributed by atoms with E-state index in [1.54, 1.807) is 6.20 Å². The molecule has 0 saturated heterocycles. The van der Waals surface area contributed by atoms with Gasteiger partial charge in [0.05, 0.1) is 6.20 Å². The minimum absolute atomic E-state index is 0.574. The number of tetrazole rings is 1.